The number of halogens is 2. The zero-order chi connectivity index (χ0) is 13.1. The van der Waals surface area contributed by atoms with E-state index in [1.165, 1.54) is 29.1 Å². The number of hydrogen-bond acceptors (Lipinski definition) is 3. The Bertz CT molecular complexity index is 585. The SMILES string of the molecule is O=C(O)c1ccn(COc2ccc(F)cc2Cl)n1. The van der Waals surface area contributed by atoms with E-state index in [9.17, 15) is 9.18 Å². The van der Waals surface area contributed by atoms with E-state index < -0.39 is 11.8 Å². The first-order valence-electron chi connectivity index (χ1n) is 4.91. The molecule has 5 nitrogen and oxygen atoms in total. The molecule has 94 valence electrons. The van der Waals surface area contributed by atoms with Gasteiger partial charge in [-0.1, -0.05) is 11.6 Å². The predicted octanol–water partition coefficient (Wildman–Crippen LogP) is 2.41. The summed E-state index contributed by atoms with van der Waals surface area (Å²) < 4.78 is 19.4. The van der Waals surface area contributed by atoms with Crippen molar-refractivity contribution in [3.05, 3.63) is 47.0 Å². The molecule has 1 heterocycles. The number of rotatable bonds is 4. The van der Waals surface area contributed by atoms with Crippen molar-refractivity contribution in [2.45, 2.75) is 6.73 Å². The highest BCUT2D eigenvalue weighted by Gasteiger charge is 2.07. The second-order valence-electron chi connectivity index (χ2n) is 3.39. The van der Waals surface area contributed by atoms with E-state index in [1.807, 2.05) is 0 Å². The second-order valence-corrected chi connectivity index (χ2v) is 3.80. The number of carboxylic acid groups (broad SMARTS) is 1. The molecule has 7 heteroatoms. The smallest absolute Gasteiger partial charge is 0.356 e. The molecule has 0 spiro atoms. The minimum atomic E-state index is -1.12. The maximum atomic E-state index is 12.8. The molecule has 0 fully saturated rings. The van der Waals surface area contributed by atoms with E-state index in [4.69, 9.17) is 21.4 Å². The van der Waals surface area contributed by atoms with Crippen LogP contribution in [-0.4, -0.2) is 20.9 Å². The van der Waals surface area contributed by atoms with Gasteiger partial charge >= 0.3 is 5.97 Å². The monoisotopic (exact) mass is 270 g/mol. The Morgan fingerprint density at radius 2 is 2.28 bits per heavy atom. The van der Waals surface area contributed by atoms with Crippen LogP contribution in [0, 0.1) is 5.82 Å². The van der Waals surface area contributed by atoms with Gasteiger partial charge in [-0.3, -0.25) is 0 Å². The number of carboxylic acids is 1. The number of aromatic carboxylic acids is 1. The molecule has 0 saturated heterocycles. The maximum Gasteiger partial charge on any atom is 0.356 e. The van der Waals surface area contributed by atoms with Gasteiger partial charge in [0.15, 0.2) is 12.4 Å². The molecule has 0 amide bonds. The first-order chi connectivity index (χ1) is 8.56. The summed E-state index contributed by atoms with van der Waals surface area (Å²) in [4.78, 5) is 10.6. The predicted molar refractivity (Wildman–Crippen MR) is 61.2 cm³/mol. The Labute approximate surface area is 106 Å². The highest BCUT2D eigenvalue weighted by Crippen LogP contribution is 2.24. The second kappa shape index (κ2) is 5.05. The third kappa shape index (κ3) is 2.78. The molecule has 0 atom stereocenters. The van der Waals surface area contributed by atoms with Crippen molar-refractivity contribution in [2.75, 3.05) is 0 Å². The molecule has 0 bridgehead atoms. The average Bonchev–Trinajstić information content (AvgIpc) is 2.76. The number of ether oxygens (including phenoxy) is 1. The average molecular weight is 271 g/mol. The fourth-order valence-electron chi connectivity index (χ4n) is 1.28. The van der Waals surface area contributed by atoms with E-state index in [1.54, 1.807) is 0 Å². The largest absolute Gasteiger partial charge is 0.476 e. The van der Waals surface area contributed by atoms with E-state index in [0.29, 0.717) is 5.75 Å². The topological polar surface area (TPSA) is 64.3 Å². The van der Waals surface area contributed by atoms with Gasteiger partial charge in [-0.05, 0) is 24.3 Å². The van der Waals surface area contributed by atoms with Crippen LogP contribution in [0.3, 0.4) is 0 Å². The van der Waals surface area contributed by atoms with E-state index in [2.05, 4.69) is 5.10 Å². The molecule has 2 aromatic rings. The van der Waals surface area contributed by atoms with Crippen molar-refractivity contribution in [3.63, 3.8) is 0 Å². The Morgan fingerprint density at radius 3 is 2.89 bits per heavy atom. The van der Waals surface area contributed by atoms with E-state index in [-0.39, 0.29) is 17.4 Å². The van der Waals surface area contributed by atoms with Gasteiger partial charge in [0.2, 0.25) is 0 Å². The number of hydrogen-bond donors (Lipinski definition) is 1. The molecule has 2 rings (SSSR count). The molecular formula is C11H8ClFN2O3. The highest BCUT2D eigenvalue weighted by molar-refractivity contribution is 6.32. The van der Waals surface area contributed by atoms with Crippen molar-refractivity contribution >= 4 is 17.6 Å². The van der Waals surface area contributed by atoms with Gasteiger partial charge in [0.25, 0.3) is 0 Å². The van der Waals surface area contributed by atoms with E-state index >= 15 is 0 Å². The van der Waals surface area contributed by atoms with Crippen LogP contribution in [0.1, 0.15) is 10.5 Å². The summed E-state index contributed by atoms with van der Waals surface area (Å²) in [5, 5.41) is 12.6. The van der Waals surface area contributed by atoms with Crippen molar-refractivity contribution in [3.8, 4) is 5.75 Å². The summed E-state index contributed by atoms with van der Waals surface area (Å²) in [6.45, 7) is -0.0152. The Morgan fingerprint density at radius 1 is 1.50 bits per heavy atom. The van der Waals surface area contributed by atoms with Gasteiger partial charge in [-0.2, -0.15) is 5.10 Å². The van der Waals surface area contributed by atoms with Crippen LogP contribution in [0.15, 0.2) is 30.5 Å². The molecule has 1 N–H and O–H groups in total. The van der Waals surface area contributed by atoms with Gasteiger partial charge < -0.3 is 9.84 Å². The highest BCUT2D eigenvalue weighted by atomic mass is 35.5. The Hall–Kier alpha value is -2.08. The first-order valence-corrected chi connectivity index (χ1v) is 5.28. The number of benzene rings is 1. The van der Waals surface area contributed by atoms with Crippen LogP contribution in [-0.2, 0) is 6.73 Å². The molecule has 0 aliphatic heterocycles. The number of carbonyl (C=O) groups is 1. The summed E-state index contributed by atoms with van der Waals surface area (Å²) >= 11 is 5.76. The lowest BCUT2D eigenvalue weighted by atomic mass is 10.3. The Kier molecular flexibility index (Phi) is 3.47. The van der Waals surface area contributed by atoms with Gasteiger partial charge in [-0.25, -0.2) is 13.9 Å². The molecule has 0 saturated carbocycles. The zero-order valence-electron chi connectivity index (χ0n) is 9.01. The summed E-state index contributed by atoms with van der Waals surface area (Å²) in [6.07, 6.45) is 1.46. The molecular weight excluding hydrogens is 263 g/mol. The van der Waals surface area contributed by atoms with Crippen LogP contribution in [0.2, 0.25) is 5.02 Å². The zero-order valence-corrected chi connectivity index (χ0v) is 9.76. The summed E-state index contributed by atoms with van der Waals surface area (Å²) in [6, 6.07) is 5.08. The standard InChI is InChI=1S/C11H8ClFN2O3/c12-8-5-7(13)1-2-10(8)18-6-15-4-3-9(14-15)11(16)17/h1-5H,6H2,(H,16,17). The van der Waals surface area contributed by atoms with Gasteiger partial charge in [0.05, 0.1) is 5.02 Å². The van der Waals surface area contributed by atoms with Crippen LogP contribution in [0.4, 0.5) is 4.39 Å². The lowest BCUT2D eigenvalue weighted by molar-refractivity contribution is 0.0688. The van der Waals surface area contributed by atoms with Crippen LogP contribution >= 0.6 is 11.6 Å². The summed E-state index contributed by atoms with van der Waals surface area (Å²) in [7, 11) is 0. The van der Waals surface area contributed by atoms with Crippen molar-refractivity contribution in [1.82, 2.24) is 9.78 Å². The van der Waals surface area contributed by atoms with Crippen molar-refractivity contribution in [2.24, 2.45) is 0 Å². The molecule has 1 aromatic heterocycles. The molecule has 0 aliphatic carbocycles. The van der Waals surface area contributed by atoms with Gasteiger partial charge in [0, 0.05) is 6.20 Å². The molecule has 1 aromatic carbocycles. The Balaban J connectivity index is 2.04. The lowest BCUT2D eigenvalue weighted by Gasteiger charge is -2.07. The van der Waals surface area contributed by atoms with Crippen LogP contribution < -0.4 is 4.74 Å². The van der Waals surface area contributed by atoms with E-state index in [0.717, 1.165) is 6.07 Å². The molecule has 18 heavy (non-hydrogen) atoms. The van der Waals surface area contributed by atoms with Crippen LogP contribution in [0.5, 0.6) is 5.75 Å². The number of aromatic nitrogens is 2. The minimum absolute atomic E-state index is 0.0152. The maximum absolute atomic E-state index is 12.8. The molecule has 0 aliphatic rings. The normalized spacial score (nSPS) is 10.3. The quantitative estimate of drug-likeness (QED) is 0.927. The van der Waals surface area contributed by atoms with Gasteiger partial charge in [0.1, 0.15) is 11.6 Å². The molecule has 0 radical (unpaired) electrons. The van der Waals surface area contributed by atoms with Crippen molar-refractivity contribution < 1.29 is 19.0 Å². The summed E-state index contributed by atoms with van der Waals surface area (Å²) in [5.74, 6) is -1.28. The van der Waals surface area contributed by atoms with Gasteiger partial charge in [-0.15, -0.1) is 0 Å². The fraction of sp³-hybridized carbons (Fsp3) is 0.0909. The molecule has 0 unspecified atom stereocenters. The third-order valence-electron chi connectivity index (χ3n) is 2.11. The fourth-order valence-corrected chi connectivity index (χ4v) is 1.50. The summed E-state index contributed by atoms with van der Waals surface area (Å²) in [5.41, 5.74) is -0.0798. The minimum Gasteiger partial charge on any atom is -0.476 e. The third-order valence-corrected chi connectivity index (χ3v) is 2.40. The lowest BCUT2D eigenvalue weighted by Crippen LogP contribution is -2.07. The number of nitrogens with zero attached hydrogens (tertiary/aromatic N) is 2. The van der Waals surface area contributed by atoms with Crippen molar-refractivity contribution in [1.29, 1.82) is 0 Å². The van der Waals surface area contributed by atoms with Crippen LogP contribution in [0.25, 0.3) is 0 Å². The first kappa shape index (κ1) is 12.4.